The molecule has 0 amide bonds. The molecule has 0 radical (unpaired) electrons. The Kier molecular flexibility index (Phi) is 6.83. The molecule has 3 rings (SSSR count). The van der Waals surface area contributed by atoms with Gasteiger partial charge in [-0.2, -0.15) is 4.98 Å². The first-order valence-electron chi connectivity index (χ1n) is 8.78. The number of ether oxygens (including phenoxy) is 4. The van der Waals surface area contributed by atoms with Gasteiger partial charge in [0.25, 0.3) is 0 Å². The summed E-state index contributed by atoms with van der Waals surface area (Å²) in [5, 5.41) is 0. The number of pyridine rings is 1. The van der Waals surface area contributed by atoms with Crippen molar-refractivity contribution >= 4 is 5.82 Å². The van der Waals surface area contributed by atoms with E-state index in [-0.39, 0.29) is 6.10 Å². The minimum Gasteiger partial charge on any atom is -0.475 e. The van der Waals surface area contributed by atoms with Gasteiger partial charge < -0.3 is 23.8 Å². The molecule has 0 aromatic carbocycles. The zero-order chi connectivity index (χ0) is 17.6. The lowest BCUT2D eigenvalue weighted by Crippen LogP contribution is -2.36. The van der Waals surface area contributed by atoms with Crippen LogP contribution in [-0.4, -0.2) is 56.4 Å². The van der Waals surface area contributed by atoms with E-state index in [2.05, 4.69) is 22.9 Å². The third-order valence-corrected chi connectivity index (χ3v) is 3.75. The standard InChI is InChI=1S/C16H24N2O4.C2H6/c1-12-8-14(18-4-6-19-7-5-18)17-15(9-12)20-10-13-11-21-16(2,3)22-13;1-2/h8-9,13H,4-7,10-11H2,1-3H3;1-2H3. The third-order valence-electron chi connectivity index (χ3n) is 3.75. The van der Waals surface area contributed by atoms with Gasteiger partial charge in [-0.05, 0) is 32.4 Å². The van der Waals surface area contributed by atoms with Crippen molar-refractivity contribution in [3.63, 3.8) is 0 Å². The molecule has 2 aliphatic rings. The fourth-order valence-corrected chi connectivity index (χ4v) is 2.67. The van der Waals surface area contributed by atoms with Crippen LogP contribution in [-0.2, 0) is 14.2 Å². The fourth-order valence-electron chi connectivity index (χ4n) is 2.67. The van der Waals surface area contributed by atoms with Crippen LogP contribution in [0.5, 0.6) is 5.88 Å². The molecule has 0 spiro atoms. The first kappa shape index (κ1) is 19.0. The van der Waals surface area contributed by atoms with Crippen LogP contribution < -0.4 is 9.64 Å². The van der Waals surface area contributed by atoms with Crippen LogP contribution in [0, 0.1) is 6.92 Å². The van der Waals surface area contributed by atoms with E-state index in [0.717, 1.165) is 37.7 Å². The minimum atomic E-state index is -0.521. The lowest BCUT2D eigenvalue weighted by Gasteiger charge is -2.28. The average Bonchev–Trinajstić information content (AvgIpc) is 2.94. The number of hydrogen-bond donors (Lipinski definition) is 0. The van der Waals surface area contributed by atoms with Crippen LogP contribution in [0.25, 0.3) is 0 Å². The van der Waals surface area contributed by atoms with Gasteiger partial charge in [-0.15, -0.1) is 0 Å². The van der Waals surface area contributed by atoms with Crippen molar-refractivity contribution < 1.29 is 18.9 Å². The van der Waals surface area contributed by atoms with Crippen LogP contribution in [0.1, 0.15) is 33.3 Å². The largest absolute Gasteiger partial charge is 0.475 e. The summed E-state index contributed by atoms with van der Waals surface area (Å²) in [5.41, 5.74) is 1.13. The maximum Gasteiger partial charge on any atom is 0.215 e. The number of morpholine rings is 1. The minimum absolute atomic E-state index is 0.0517. The lowest BCUT2D eigenvalue weighted by atomic mass is 10.2. The van der Waals surface area contributed by atoms with Crippen molar-refractivity contribution in [2.24, 2.45) is 0 Å². The second-order valence-electron chi connectivity index (χ2n) is 6.20. The van der Waals surface area contributed by atoms with Crippen molar-refractivity contribution in [3.05, 3.63) is 17.7 Å². The highest BCUT2D eigenvalue weighted by atomic mass is 16.7. The summed E-state index contributed by atoms with van der Waals surface area (Å²) in [6, 6.07) is 4.03. The second-order valence-corrected chi connectivity index (χ2v) is 6.20. The first-order chi connectivity index (χ1) is 11.5. The van der Waals surface area contributed by atoms with Gasteiger partial charge in [-0.1, -0.05) is 13.8 Å². The molecule has 3 heterocycles. The second kappa shape index (κ2) is 8.65. The van der Waals surface area contributed by atoms with Crippen molar-refractivity contribution in [2.75, 3.05) is 44.4 Å². The van der Waals surface area contributed by atoms with Crippen LogP contribution in [0.3, 0.4) is 0 Å². The van der Waals surface area contributed by atoms with Crippen molar-refractivity contribution in [2.45, 2.75) is 46.5 Å². The van der Waals surface area contributed by atoms with Crippen molar-refractivity contribution in [1.29, 1.82) is 0 Å². The quantitative estimate of drug-likeness (QED) is 0.841. The molecule has 0 N–H and O–H groups in total. The molecule has 1 aromatic heterocycles. The van der Waals surface area contributed by atoms with E-state index in [0.29, 0.717) is 19.1 Å². The van der Waals surface area contributed by atoms with Gasteiger partial charge in [0.15, 0.2) is 5.79 Å². The van der Waals surface area contributed by atoms with E-state index in [1.165, 1.54) is 0 Å². The molecule has 6 nitrogen and oxygen atoms in total. The number of aryl methyl sites for hydroxylation is 1. The van der Waals surface area contributed by atoms with Crippen LogP contribution >= 0.6 is 0 Å². The van der Waals surface area contributed by atoms with E-state index < -0.39 is 5.79 Å². The lowest BCUT2D eigenvalue weighted by molar-refractivity contribution is -0.141. The van der Waals surface area contributed by atoms with E-state index >= 15 is 0 Å². The van der Waals surface area contributed by atoms with E-state index in [9.17, 15) is 0 Å². The Balaban J connectivity index is 0.00000100. The van der Waals surface area contributed by atoms with E-state index in [4.69, 9.17) is 18.9 Å². The summed E-state index contributed by atoms with van der Waals surface area (Å²) >= 11 is 0. The normalized spacial score (nSPS) is 22.7. The van der Waals surface area contributed by atoms with Crippen LogP contribution in [0.15, 0.2) is 12.1 Å². The Bertz CT molecular complexity index is 516. The molecule has 2 saturated heterocycles. The number of rotatable bonds is 4. The van der Waals surface area contributed by atoms with Gasteiger partial charge in [0.1, 0.15) is 18.5 Å². The molecule has 1 aromatic rings. The maximum atomic E-state index is 5.82. The molecule has 2 aliphatic heterocycles. The number of anilines is 1. The Morgan fingerprint density at radius 2 is 1.96 bits per heavy atom. The summed E-state index contributed by atoms with van der Waals surface area (Å²) < 4.78 is 22.5. The van der Waals surface area contributed by atoms with Crippen molar-refractivity contribution in [3.8, 4) is 5.88 Å². The molecular formula is C18H30N2O4. The topological polar surface area (TPSA) is 53.0 Å². The molecule has 1 atom stereocenters. The summed E-state index contributed by atoms with van der Waals surface area (Å²) in [5.74, 6) is 1.06. The Labute approximate surface area is 145 Å². The summed E-state index contributed by atoms with van der Waals surface area (Å²) in [7, 11) is 0. The summed E-state index contributed by atoms with van der Waals surface area (Å²) in [6.07, 6.45) is -0.0517. The Morgan fingerprint density at radius 1 is 1.25 bits per heavy atom. The number of aromatic nitrogens is 1. The number of nitrogens with zero attached hydrogens (tertiary/aromatic N) is 2. The van der Waals surface area contributed by atoms with E-state index in [1.807, 2.05) is 33.8 Å². The van der Waals surface area contributed by atoms with Gasteiger partial charge in [0, 0.05) is 19.2 Å². The van der Waals surface area contributed by atoms with Gasteiger partial charge in [0.2, 0.25) is 5.88 Å². The monoisotopic (exact) mass is 338 g/mol. The molecule has 136 valence electrons. The highest BCUT2D eigenvalue weighted by Crippen LogP contribution is 2.24. The maximum absolute atomic E-state index is 5.82. The van der Waals surface area contributed by atoms with Gasteiger partial charge >= 0.3 is 0 Å². The van der Waals surface area contributed by atoms with Crippen LogP contribution in [0.2, 0.25) is 0 Å². The summed E-state index contributed by atoms with van der Waals surface area (Å²) in [4.78, 5) is 6.83. The molecule has 0 aliphatic carbocycles. The van der Waals surface area contributed by atoms with Crippen molar-refractivity contribution in [1.82, 2.24) is 4.98 Å². The molecular weight excluding hydrogens is 308 g/mol. The smallest absolute Gasteiger partial charge is 0.215 e. The van der Waals surface area contributed by atoms with E-state index in [1.54, 1.807) is 0 Å². The molecule has 1 unspecified atom stereocenters. The summed E-state index contributed by atoms with van der Waals surface area (Å²) in [6.45, 7) is 14.1. The SMILES string of the molecule is CC.Cc1cc(OCC2COC(C)(C)O2)nc(N2CCOCC2)c1. The highest BCUT2D eigenvalue weighted by molar-refractivity contribution is 5.44. The molecule has 2 fully saturated rings. The van der Waals surface area contributed by atoms with Gasteiger partial charge in [-0.25, -0.2) is 0 Å². The molecule has 0 saturated carbocycles. The highest BCUT2D eigenvalue weighted by Gasteiger charge is 2.33. The molecule has 0 bridgehead atoms. The fraction of sp³-hybridized carbons (Fsp3) is 0.722. The third kappa shape index (κ3) is 5.33. The average molecular weight is 338 g/mol. The van der Waals surface area contributed by atoms with Crippen LogP contribution in [0.4, 0.5) is 5.82 Å². The van der Waals surface area contributed by atoms with Gasteiger partial charge in [0.05, 0.1) is 19.8 Å². The zero-order valence-electron chi connectivity index (χ0n) is 15.5. The molecule has 6 heteroatoms. The Hall–Kier alpha value is -1.37. The Morgan fingerprint density at radius 3 is 2.58 bits per heavy atom. The zero-order valence-corrected chi connectivity index (χ0v) is 15.5. The predicted molar refractivity (Wildman–Crippen MR) is 93.8 cm³/mol. The first-order valence-corrected chi connectivity index (χ1v) is 8.78. The number of hydrogen-bond acceptors (Lipinski definition) is 6. The molecule has 24 heavy (non-hydrogen) atoms. The predicted octanol–water partition coefficient (Wildman–Crippen LogP) is 2.78. The van der Waals surface area contributed by atoms with Gasteiger partial charge in [-0.3, -0.25) is 0 Å².